The fourth-order valence-electron chi connectivity index (χ4n) is 3.07. The number of benzene rings is 2. The number of thiocarbonyl (C=S) groups is 1. The van der Waals surface area contributed by atoms with Crippen LogP contribution in [0, 0.1) is 34.9 Å². The van der Waals surface area contributed by atoms with E-state index in [1.165, 1.54) is 6.92 Å². The van der Waals surface area contributed by atoms with E-state index in [4.69, 9.17) is 21.7 Å². The normalized spacial score (nSPS) is 12.7. The number of unbranched alkanes of at least 4 members (excludes halogenated alkanes) is 1. The van der Waals surface area contributed by atoms with Crippen molar-refractivity contribution >= 4 is 28.4 Å². The van der Waals surface area contributed by atoms with Gasteiger partial charge >= 0.3 is 0 Å². The van der Waals surface area contributed by atoms with Gasteiger partial charge in [0.1, 0.15) is 6.10 Å². The van der Waals surface area contributed by atoms with Gasteiger partial charge in [0.15, 0.2) is 40.5 Å². The molecule has 170 valence electrons. The molecule has 31 heavy (non-hydrogen) atoms. The first-order chi connectivity index (χ1) is 14.6. The van der Waals surface area contributed by atoms with Gasteiger partial charge in [-0.05, 0) is 56.1 Å². The minimum atomic E-state index is -2.11. The maximum atomic E-state index is 14.1. The Morgan fingerprint density at radius 1 is 0.935 bits per heavy atom. The summed E-state index contributed by atoms with van der Waals surface area (Å²) in [5, 5.41) is 0. The monoisotopic (exact) mass is 482 g/mol. The second-order valence-electron chi connectivity index (χ2n) is 6.67. The molecule has 1 atom stereocenters. The molecule has 0 aliphatic carbocycles. The summed E-state index contributed by atoms with van der Waals surface area (Å²) >= 11 is 6.04. The zero-order valence-electron chi connectivity index (χ0n) is 16.9. The van der Waals surface area contributed by atoms with Crippen molar-refractivity contribution in [3.63, 3.8) is 0 Å². The van der Waals surface area contributed by atoms with Crippen LogP contribution in [-0.4, -0.2) is 23.3 Å². The van der Waals surface area contributed by atoms with Crippen LogP contribution in [0.1, 0.15) is 37.8 Å². The van der Waals surface area contributed by atoms with Gasteiger partial charge in [-0.15, -0.1) is 0 Å². The Labute approximate surface area is 185 Å². The number of rotatable bonds is 8. The molecule has 2 nitrogen and oxygen atoms in total. The van der Waals surface area contributed by atoms with Crippen molar-refractivity contribution in [1.29, 1.82) is 0 Å². The second-order valence-corrected chi connectivity index (χ2v) is 8.07. The Morgan fingerprint density at radius 3 is 1.71 bits per heavy atom. The smallest absolute Gasteiger partial charge is 0.221 e. The molecule has 2 aromatic rings. The summed E-state index contributed by atoms with van der Waals surface area (Å²) in [5.74, 6) is -9.69. The lowest BCUT2D eigenvalue weighted by atomic mass is 9.81. The first-order valence-electron chi connectivity index (χ1n) is 9.27. The van der Waals surface area contributed by atoms with Crippen molar-refractivity contribution in [2.24, 2.45) is 0 Å². The number of ether oxygens (including phenoxy) is 2. The molecular formula is C21H20F6O2S2. The summed E-state index contributed by atoms with van der Waals surface area (Å²) < 4.78 is 95.2. The van der Waals surface area contributed by atoms with Gasteiger partial charge in [0, 0.05) is 17.7 Å². The summed E-state index contributed by atoms with van der Waals surface area (Å²) in [6.07, 6.45) is 1.78. The third-order valence-electron chi connectivity index (χ3n) is 4.67. The van der Waals surface area contributed by atoms with Gasteiger partial charge < -0.3 is 9.47 Å². The Hall–Kier alpha value is -1.78. The molecule has 0 aliphatic heterocycles. The Balaban J connectivity index is 2.85. The lowest BCUT2D eigenvalue weighted by molar-refractivity contribution is -0.0695. The van der Waals surface area contributed by atoms with E-state index in [0.717, 1.165) is 18.2 Å². The molecule has 0 unspecified atom stereocenters. The molecule has 0 bridgehead atoms. The highest BCUT2D eigenvalue weighted by molar-refractivity contribution is 8.22. The highest BCUT2D eigenvalue weighted by Crippen LogP contribution is 2.42. The van der Waals surface area contributed by atoms with Crippen LogP contribution in [0.5, 0.6) is 0 Å². The average molecular weight is 483 g/mol. The first kappa shape index (κ1) is 25.5. The summed E-state index contributed by atoms with van der Waals surface area (Å²) in [5.41, 5.74) is -2.82. The molecule has 0 N–H and O–H groups in total. The molecule has 0 amide bonds. The SMILES string of the molecule is CCCCO[C@@H](C)C(OC(=S)SC)(c1cc(F)c(F)c(F)c1)c1cc(F)c(F)c(F)c1. The summed E-state index contributed by atoms with van der Waals surface area (Å²) in [7, 11) is 0. The Kier molecular flexibility index (Phi) is 8.79. The van der Waals surface area contributed by atoms with Crippen LogP contribution in [0.15, 0.2) is 24.3 Å². The van der Waals surface area contributed by atoms with Gasteiger partial charge in [-0.1, -0.05) is 25.1 Å². The maximum absolute atomic E-state index is 14.1. The van der Waals surface area contributed by atoms with E-state index in [9.17, 15) is 26.3 Å². The third kappa shape index (κ3) is 5.35. The van der Waals surface area contributed by atoms with Crippen molar-refractivity contribution in [2.45, 2.75) is 38.4 Å². The van der Waals surface area contributed by atoms with E-state index in [1.54, 1.807) is 6.26 Å². The highest BCUT2D eigenvalue weighted by atomic mass is 32.2. The second kappa shape index (κ2) is 10.7. The molecule has 10 heteroatoms. The van der Waals surface area contributed by atoms with Crippen molar-refractivity contribution in [3.05, 3.63) is 70.3 Å². The number of halogens is 6. The fourth-order valence-corrected chi connectivity index (χ4v) is 3.42. The predicted molar refractivity (Wildman–Crippen MR) is 111 cm³/mol. The third-order valence-corrected chi connectivity index (χ3v) is 5.67. The summed E-state index contributed by atoms with van der Waals surface area (Å²) in [4.78, 5) is 0. The van der Waals surface area contributed by atoms with Crippen molar-refractivity contribution in [1.82, 2.24) is 0 Å². The van der Waals surface area contributed by atoms with Gasteiger partial charge in [-0.3, -0.25) is 0 Å². The quantitative estimate of drug-likeness (QED) is 0.182. The van der Waals surface area contributed by atoms with Crippen LogP contribution < -0.4 is 0 Å². The van der Waals surface area contributed by atoms with Crippen LogP contribution >= 0.6 is 24.0 Å². The molecule has 0 heterocycles. The molecule has 0 radical (unpaired) electrons. The van der Waals surface area contributed by atoms with Crippen molar-refractivity contribution in [3.8, 4) is 0 Å². The molecule has 0 saturated carbocycles. The predicted octanol–water partition coefficient (Wildman–Crippen LogP) is 6.63. The zero-order chi connectivity index (χ0) is 23.3. The Morgan fingerprint density at radius 2 is 1.35 bits per heavy atom. The largest absolute Gasteiger partial charge is 0.459 e. The van der Waals surface area contributed by atoms with Gasteiger partial charge in [0.05, 0.1) is 0 Å². The molecule has 0 fully saturated rings. The van der Waals surface area contributed by atoms with E-state index in [-0.39, 0.29) is 22.1 Å². The molecule has 0 aliphatic rings. The summed E-state index contributed by atoms with van der Waals surface area (Å²) in [6, 6.07) is 2.50. The van der Waals surface area contributed by atoms with Gasteiger partial charge in [0.2, 0.25) is 4.38 Å². The van der Waals surface area contributed by atoms with Gasteiger partial charge in [-0.25, -0.2) is 26.3 Å². The molecule has 0 aromatic heterocycles. The van der Waals surface area contributed by atoms with Crippen molar-refractivity contribution < 1.29 is 35.8 Å². The van der Waals surface area contributed by atoms with Crippen LogP contribution in [0.3, 0.4) is 0 Å². The number of thioether (sulfide) groups is 1. The van der Waals surface area contributed by atoms with Gasteiger partial charge in [0.25, 0.3) is 0 Å². The van der Waals surface area contributed by atoms with Crippen LogP contribution in [-0.2, 0) is 15.1 Å². The van der Waals surface area contributed by atoms with Crippen LogP contribution in [0.2, 0.25) is 0 Å². The minimum Gasteiger partial charge on any atom is -0.459 e. The van der Waals surface area contributed by atoms with Crippen molar-refractivity contribution in [2.75, 3.05) is 12.9 Å². The van der Waals surface area contributed by atoms with E-state index >= 15 is 0 Å². The van der Waals surface area contributed by atoms with Crippen LogP contribution in [0.4, 0.5) is 26.3 Å². The van der Waals surface area contributed by atoms with Gasteiger partial charge in [-0.2, -0.15) is 0 Å². The maximum Gasteiger partial charge on any atom is 0.221 e. The molecule has 0 saturated heterocycles. The zero-order valence-corrected chi connectivity index (χ0v) is 18.5. The Bertz CT molecular complexity index is 850. The van der Waals surface area contributed by atoms with E-state index in [1.807, 2.05) is 6.92 Å². The van der Waals surface area contributed by atoms with Crippen LogP contribution in [0.25, 0.3) is 0 Å². The lowest BCUT2D eigenvalue weighted by Gasteiger charge is -2.40. The molecular weight excluding hydrogens is 462 g/mol. The molecule has 0 spiro atoms. The van der Waals surface area contributed by atoms with E-state index in [2.05, 4.69) is 0 Å². The highest BCUT2D eigenvalue weighted by Gasteiger charge is 2.46. The lowest BCUT2D eigenvalue weighted by Crippen LogP contribution is -2.45. The summed E-state index contributed by atoms with van der Waals surface area (Å²) in [6.45, 7) is 3.51. The minimum absolute atomic E-state index is 0.152. The van der Waals surface area contributed by atoms with E-state index in [0.29, 0.717) is 30.7 Å². The average Bonchev–Trinajstić information content (AvgIpc) is 2.73. The molecule has 2 aromatic carbocycles. The first-order valence-corrected chi connectivity index (χ1v) is 10.9. The number of hydrogen-bond acceptors (Lipinski definition) is 4. The molecule has 2 rings (SSSR count). The van der Waals surface area contributed by atoms with E-state index < -0.39 is 46.6 Å². The standard InChI is InChI=1S/C21H20F6O2S2/c1-4-5-6-28-11(2)21(29-20(30)31-3,12-7-14(22)18(26)15(23)8-12)13-9-16(24)19(27)17(25)10-13/h7-11H,4-6H2,1-3H3/t11-/m0/s1. The number of hydrogen-bond donors (Lipinski definition) is 0. The fraction of sp³-hybridized carbons (Fsp3) is 0.381. The topological polar surface area (TPSA) is 18.5 Å².